The van der Waals surface area contributed by atoms with Crippen LogP contribution < -0.4 is 5.32 Å². The Balaban J connectivity index is 1.85. The smallest absolute Gasteiger partial charge is 0.122 e. The van der Waals surface area contributed by atoms with Crippen molar-refractivity contribution in [2.45, 2.75) is 39.3 Å². The zero-order chi connectivity index (χ0) is 11.2. The van der Waals surface area contributed by atoms with Crippen molar-refractivity contribution >= 4 is 0 Å². The van der Waals surface area contributed by atoms with Crippen molar-refractivity contribution in [3.05, 3.63) is 23.7 Å². The molecule has 3 nitrogen and oxygen atoms in total. The fraction of sp³-hybridized carbons (Fsp3) is 0.692. The third-order valence-electron chi connectivity index (χ3n) is 3.14. The van der Waals surface area contributed by atoms with Crippen LogP contribution in [-0.4, -0.2) is 24.5 Å². The predicted octanol–water partition coefficient (Wildman–Crippen LogP) is 2.38. The van der Waals surface area contributed by atoms with E-state index >= 15 is 0 Å². The van der Waals surface area contributed by atoms with Crippen LogP contribution in [0.15, 0.2) is 16.7 Å². The van der Waals surface area contributed by atoms with Crippen LogP contribution >= 0.6 is 0 Å². The Kier molecular flexibility index (Phi) is 4.43. The Bertz CT molecular complexity index is 303. The Labute approximate surface area is 97.8 Å². The van der Waals surface area contributed by atoms with Gasteiger partial charge < -0.3 is 9.73 Å². The van der Waals surface area contributed by atoms with Gasteiger partial charge in [-0.2, -0.15) is 0 Å². The molecule has 0 amide bonds. The van der Waals surface area contributed by atoms with E-state index in [0.29, 0.717) is 0 Å². The Morgan fingerprint density at radius 2 is 2.19 bits per heavy atom. The number of nitrogens with one attached hydrogen (secondary N) is 1. The second-order valence-electron chi connectivity index (χ2n) is 4.53. The van der Waals surface area contributed by atoms with Gasteiger partial charge >= 0.3 is 0 Å². The lowest BCUT2D eigenvalue weighted by atomic mass is 10.2. The first-order chi connectivity index (χ1) is 7.90. The van der Waals surface area contributed by atoms with Gasteiger partial charge in [0.25, 0.3) is 0 Å². The molecule has 90 valence electrons. The first kappa shape index (κ1) is 11.7. The molecule has 0 aromatic carbocycles. The molecular formula is C13H22N2O. The summed E-state index contributed by atoms with van der Waals surface area (Å²) in [6.07, 6.45) is 5.68. The highest BCUT2D eigenvalue weighted by Gasteiger charge is 2.14. The van der Waals surface area contributed by atoms with E-state index < -0.39 is 0 Å². The summed E-state index contributed by atoms with van der Waals surface area (Å²) in [7, 11) is 0. The number of likely N-dealkylation sites (tertiary alicyclic amines) is 1. The first-order valence-electron chi connectivity index (χ1n) is 6.38. The van der Waals surface area contributed by atoms with Crippen LogP contribution in [0.2, 0.25) is 0 Å². The van der Waals surface area contributed by atoms with E-state index in [0.717, 1.165) is 25.4 Å². The van der Waals surface area contributed by atoms with Gasteiger partial charge in [0.05, 0.1) is 12.8 Å². The average Bonchev–Trinajstić information content (AvgIpc) is 2.92. The van der Waals surface area contributed by atoms with Crippen molar-refractivity contribution in [3.63, 3.8) is 0 Å². The molecule has 0 spiro atoms. The number of hydrogen-bond donors (Lipinski definition) is 1. The minimum atomic E-state index is 0.865. The lowest BCUT2D eigenvalue weighted by Gasteiger charge is -2.14. The van der Waals surface area contributed by atoms with Crippen LogP contribution in [0.4, 0.5) is 0 Å². The van der Waals surface area contributed by atoms with Gasteiger partial charge in [0, 0.05) is 12.1 Å². The summed E-state index contributed by atoms with van der Waals surface area (Å²) in [5, 5.41) is 3.39. The largest absolute Gasteiger partial charge is 0.468 e. The number of hydrogen-bond acceptors (Lipinski definition) is 3. The van der Waals surface area contributed by atoms with Crippen molar-refractivity contribution in [1.82, 2.24) is 10.2 Å². The highest BCUT2D eigenvalue weighted by molar-refractivity contribution is 5.17. The lowest BCUT2D eigenvalue weighted by molar-refractivity contribution is 0.326. The standard InChI is InChI=1S/C13H22N2O/c1-2-6-14-10-13-12(5-9-16-13)11-15-7-3-4-8-15/h5,9,14H,2-4,6-8,10-11H2,1H3. The minimum Gasteiger partial charge on any atom is -0.468 e. The molecule has 0 saturated carbocycles. The summed E-state index contributed by atoms with van der Waals surface area (Å²) in [6, 6.07) is 2.11. The Morgan fingerprint density at radius 1 is 1.38 bits per heavy atom. The van der Waals surface area contributed by atoms with Crippen LogP contribution in [0, 0.1) is 0 Å². The molecular weight excluding hydrogens is 200 g/mol. The Morgan fingerprint density at radius 3 is 2.94 bits per heavy atom. The lowest BCUT2D eigenvalue weighted by Crippen LogP contribution is -2.20. The second kappa shape index (κ2) is 6.06. The molecule has 1 aliphatic heterocycles. The van der Waals surface area contributed by atoms with Crippen molar-refractivity contribution in [3.8, 4) is 0 Å². The normalized spacial score (nSPS) is 17.1. The topological polar surface area (TPSA) is 28.4 Å². The maximum Gasteiger partial charge on any atom is 0.122 e. The monoisotopic (exact) mass is 222 g/mol. The number of rotatable bonds is 6. The molecule has 16 heavy (non-hydrogen) atoms. The molecule has 2 rings (SSSR count). The molecule has 1 aromatic heterocycles. The summed E-state index contributed by atoms with van der Waals surface area (Å²) in [4.78, 5) is 2.51. The fourth-order valence-electron chi connectivity index (χ4n) is 2.22. The molecule has 1 saturated heterocycles. The summed E-state index contributed by atoms with van der Waals surface area (Å²) in [5.74, 6) is 1.11. The van der Waals surface area contributed by atoms with Crippen LogP contribution in [0.5, 0.6) is 0 Å². The number of furan rings is 1. The number of nitrogens with zero attached hydrogens (tertiary/aromatic N) is 1. The second-order valence-corrected chi connectivity index (χ2v) is 4.53. The van der Waals surface area contributed by atoms with Gasteiger partial charge in [0.15, 0.2) is 0 Å². The maximum absolute atomic E-state index is 5.53. The summed E-state index contributed by atoms with van der Waals surface area (Å²) < 4.78 is 5.53. The van der Waals surface area contributed by atoms with Crippen molar-refractivity contribution in [1.29, 1.82) is 0 Å². The summed E-state index contributed by atoms with van der Waals surface area (Å²) in [5.41, 5.74) is 1.35. The van der Waals surface area contributed by atoms with Crippen LogP contribution in [-0.2, 0) is 13.1 Å². The van der Waals surface area contributed by atoms with Crippen molar-refractivity contribution < 1.29 is 4.42 Å². The van der Waals surface area contributed by atoms with E-state index in [1.165, 1.54) is 37.9 Å². The first-order valence-corrected chi connectivity index (χ1v) is 6.38. The van der Waals surface area contributed by atoms with Crippen LogP contribution in [0.1, 0.15) is 37.5 Å². The molecule has 3 heteroatoms. The van der Waals surface area contributed by atoms with E-state index in [9.17, 15) is 0 Å². The van der Waals surface area contributed by atoms with Gasteiger partial charge in [0.1, 0.15) is 5.76 Å². The molecule has 2 heterocycles. The molecule has 0 radical (unpaired) electrons. The molecule has 0 unspecified atom stereocenters. The highest BCUT2D eigenvalue weighted by atomic mass is 16.3. The SMILES string of the molecule is CCCNCc1occc1CN1CCCC1. The van der Waals surface area contributed by atoms with Gasteiger partial charge in [-0.05, 0) is 45.0 Å². The molecule has 1 fully saturated rings. The van der Waals surface area contributed by atoms with E-state index in [-0.39, 0.29) is 0 Å². The summed E-state index contributed by atoms with van der Waals surface area (Å²) >= 11 is 0. The molecule has 0 aliphatic carbocycles. The third kappa shape index (κ3) is 3.09. The quantitative estimate of drug-likeness (QED) is 0.749. The van der Waals surface area contributed by atoms with E-state index in [2.05, 4.69) is 23.2 Å². The van der Waals surface area contributed by atoms with Gasteiger partial charge in [0.2, 0.25) is 0 Å². The maximum atomic E-state index is 5.53. The zero-order valence-electron chi connectivity index (χ0n) is 10.2. The van der Waals surface area contributed by atoms with Gasteiger partial charge in [-0.3, -0.25) is 4.90 Å². The van der Waals surface area contributed by atoms with Crippen LogP contribution in [0.3, 0.4) is 0 Å². The van der Waals surface area contributed by atoms with Crippen molar-refractivity contribution in [2.24, 2.45) is 0 Å². The van der Waals surface area contributed by atoms with Gasteiger partial charge in [-0.25, -0.2) is 0 Å². The zero-order valence-corrected chi connectivity index (χ0v) is 10.2. The van der Waals surface area contributed by atoms with Crippen molar-refractivity contribution in [2.75, 3.05) is 19.6 Å². The fourth-order valence-corrected chi connectivity index (χ4v) is 2.22. The van der Waals surface area contributed by atoms with E-state index in [4.69, 9.17) is 4.42 Å². The van der Waals surface area contributed by atoms with Crippen LogP contribution in [0.25, 0.3) is 0 Å². The highest BCUT2D eigenvalue weighted by Crippen LogP contribution is 2.16. The molecule has 0 atom stereocenters. The minimum absolute atomic E-state index is 0.865. The predicted molar refractivity (Wildman–Crippen MR) is 65.2 cm³/mol. The van der Waals surface area contributed by atoms with Gasteiger partial charge in [-0.15, -0.1) is 0 Å². The Hall–Kier alpha value is -0.800. The summed E-state index contributed by atoms with van der Waals surface area (Å²) in [6.45, 7) is 7.65. The molecule has 1 N–H and O–H groups in total. The average molecular weight is 222 g/mol. The molecule has 1 aromatic rings. The molecule has 1 aliphatic rings. The van der Waals surface area contributed by atoms with E-state index in [1.54, 1.807) is 0 Å². The van der Waals surface area contributed by atoms with Gasteiger partial charge in [-0.1, -0.05) is 6.92 Å². The third-order valence-corrected chi connectivity index (χ3v) is 3.14. The molecule has 0 bridgehead atoms. The van der Waals surface area contributed by atoms with E-state index in [1.807, 2.05) is 6.26 Å².